The van der Waals surface area contributed by atoms with E-state index in [1.54, 1.807) is 30.6 Å². The van der Waals surface area contributed by atoms with Gasteiger partial charge in [0.1, 0.15) is 6.04 Å². The van der Waals surface area contributed by atoms with Gasteiger partial charge >= 0.3 is 5.97 Å². The van der Waals surface area contributed by atoms with Gasteiger partial charge in [-0.2, -0.15) is 0 Å². The van der Waals surface area contributed by atoms with Crippen LogP contribution in [0, 0.1) is 0 Å². The summed E-state index contributed by atoms with van der Waals surface area (Å²) in [5.74, 6) is -0.239. The van der Waals surface area contributed by atoms with Gasteiger partial charge < -0.3 is 33.9 Å². The van der Waals surface area contributed by atoms with Crippen molar-refractivity contribution in [2.45, 2.75) is 42.6 Å². The van der Waals surface area contributed by atoms with Crippen LogP contribution in [0.4, 0.5) is 0 Å². The molecule has 0 bridgehead atoms. The molecular formula is C38H45Cl2N5O8. The van der Waals surface area contributed by atoms with Gasteiger partial charge in [0, 0.05) is 43.0 Å². The Kier molecular flexibility index (Phi) is 12.0. The van der Waals surface area contributed by atoms with Gasteiger partial charge in [-0.25, -0.2) is 5.01 Å². The van der Waals surface area contributed by atoms with Gasteiger partial charge in [-0.1, -0.05) is 35.3 Å². The maximum atomic E-state index is 14.1. The van der Waals surface area contributed by atoms with Crippen LogP contribution in [0.5, 0.6) is 17.2 Å². The second kappa shape index (κ2) is 16.5. The molecular weight excluding hydrogens is 725 g/mol. The van der Waals surface area contributed by atoms with Crippen molar-refractivity contribution < 1.29 is 38.4 Å². The van der Waals surface area contributed by atoms with Crippen molar-refractivity contribution in [1.82, 2.24) is 25.2 Å². The van der Waals surface area contributed by atoms with Crippen LogP contribution in [0.3, 0.4) is 0 Å². The summed E-state index contributed by atoms with van der Waals surface area (Å²) in [6.07, 6.45) is 5.86. The molecule has 53 heavy (non-hydrogen) atoms. The van der Waals surface area contributed by atoms with E-state index in [1.807, 2.05) is 29.2 Å². The first-order valence-corrected chi connectivity index (χ1v) is 18.4. The van der Waals surface area contributed by atoms with Gasteiger partial charge in [-0.05, 0) is 86.8 Å². The molecule has 2 amide bonds. The number of ether oxygens (including phenoxy) is 4. The number of amides is 2. The van der Waals surface area contributed by atoms with E-state index in [2.05, 4.69) is 15.3 Å². The standard InChI is InChI=1S/C38H45Cl2N5O8/c1-50-31-19-25(20-32(51-2)33(31)52-3)34(46)44-16-9-37(24-44,26-6-7-28(39)29(40)21-26)8-13-43-14-10-38(11-15-43,27-5-4-12-41-22-27)36(49)42-45-17-18-53-23-30(45)35(47)48/h4-7,12,19-22,30H,8-11,13-18,23-24H2,1-3H3,(H,42,49)(H,47,48). The predicted molar refractivity (Wildman–Crippen MR) is 198 cm³/mol. The van der Waals surface area contributed by atoms with E-state index in [1.165, 1.54) is 26.3 Å². The van der Waals surface area contributed by atoms with E-state index in [0.29, 0.717) is 91.5 Å². The number of likely N-dealkylation sites (tertiary alicyclic amines) is 2. The summed E-state index contributed by atoms with van der Waals surface area (Å²) >= 11 is 12.9. The Morgan fingerprint density at radius 2 is 1.68 bits per heavy atom. The molecule has 2 unspecified atom stereocenters. The van der Waals surface area contributed by atoms with Crippen LogP contribution in [0.25, 0.3) is 0 Å². The van der Waals surface area contributed by atoms with E-state index < -0.39 is 22.8 Å². The van der Waals surface area contributed by atoms with E-state index >= 15 is 0 Å². The molecule has 13 nitrogen and oxygen atoms in total. The number of rotatable bonds is 12. The summed E-state index contributed by atoms with van der Waals surface area (Å²) < 4.78 is 21.9. The van der Waals surface area contributed by atoms with Crippen LogP contribution in [-0.4, -0.2) is 123 Å². The van der Waals surface area contributed by atoms with Crippen molar-refractivity contribution in [2.75, 3.05) is 73.8 Å². The van der Waals surface area contributed by atoms with E-state index in [0.717, 1.165) is 17.5 Å². The van der Waals surface area contributed by atoms with Gasteiger partial charge in [-0.3, -0.25) is 24.8 Å². The first-order chi connectivity index (χ1) is 25.5. The number of carboxylic acid groups (broad SMARTS) is 1. The second-order valence-electron chi connectivity index (χ2n) is 13.8. The number of nitrogens with zero attached hydrogens (tertiary/aromatic N) is 4. The Bertz CT molecular complexity index is 1780. The first-order valence-electron chi connectivity index (χ1n) is 17.6. The van der Waals surface area contributed by atoms with Crippen LogP contribution in [-0.2, 0) is 25.2 Å². The molecule has 2 N–H and O–H groups in total. The second-order valence-corrected chi connectivity index (χ2v) is 14.6. The number of nitrogens with one attached hydrogen (secondary N) is 1. The quantitative estimate of drug-likeness (QED) is 0.270. The highest BCUT2D eigenvalue weighted by molar-refractivity contribution is 6.42. The maximum Gasteiger partial charge on any atom is 0.325 e. The van der Waals surface area contributed by atoms with Gasteiger partial charge in [0.25, 0.3) is 5.91 Å². The molecule has 15 heteroatoms. The molecule has 0 radical (unpaired) electrons. The lowest BCUT2D eigenvalue weighted by Gasteiger charge is -2.43. The minimum absolute atomic E-state index is 0.00459. The number of hydrogen-bond acceptors (Lipinski definition) is 10. The van der Waals surface area contributed by atoms with Crippen LogP contribution < -0.4 is 19.6 Å². The minimum Gasteiger partial charge on any atom is -0.493 e. The lowest BCUT2D eigenvalue weighted by Crippen LogP contribution is -2.62. The van der Waals surface area contributed by atoms with Crippen molar-refractivity contribution in [2.24, 2.45) is 0 Å². The highest BCUT2D eigenvalue weighted by Gasteiger charge is 2.46. The fourth-order valence-electron chi connectivity index (χ4n) is 7.85. The van der Waals surface area contributed by atoms with Gasteiger partial charge in [0.15, 0.2) is 11.5 Å². The van der Waals surface area contributed by atoms with Crippen molar-refractivity contribution in [3.05, 3.63) is 81.6 Å². The fraction of sp³-hybridized carbons (Fsp3) is 0.474. The summed E-state index contributed by atoms with van der Waals surface area (Å²) in [5, 5.41) is 12.1. The number of piperidine rings is 1. The first kappa shape index (κ1) is 38.6. The molecule has 2 atom stereocenters. The van der Waals surface area contributed by atoms with Crippen LogP contribution in [0.15, 0.2) is 54.9 Å². The molecule has 0 aliphatic carbocycles. The fourth-order valence-corrected chi connectivity index (χ4v) is 8.14. The number of morpholine rings is 1. The number of carbonyl (C=O) groups is 3. The Balaban J connectivity index is 1.20. The normalized spacial score (nSPS) is 21.9. The maximum absolute atomic E-state index is 14.1. The topological polar surface area (TPSA) is 143 Å². The van der Waals surface area contributed by atoms with Gasteiger partial charge in [-0.15, -0.1) is 0 Å². The molecule has 1 aromatic heterocycles. The Morgan fingerprint density at radius 1 is 0.943 bits per heavy atom. The number of carbonyl (C=O) groups excluding carboxylic acids is 2. The highest BCUT2D eigenvalue weighted by atomic mass is 35.5. The monoisotopic (exact) mass is 769 g/mol. The van der Waals surface area contributed by atoms with Crippen molar-refractivity contribution in [3.8, 4) is 17.2 Å². The molecule has 4 heterocycles. The van der Waals surface area contributed by atoms with E-state index in [9.17, 15) is 19.5 Å². The Labute approximate surface area is 319 Å². The number of carboxylic acids is 1. The third-order valence-corrected chi connectivity index (χ3v) is 11.7. The number of pyridine rings is 1. The molecule has 3 fully saturated rings. The van der Waals surface area contributed by atoms with Crippen LogP contribution in [0.2, 0.25) is 10.0 Å². The third-order valence-electron chi connectivity index (χ3n) is 11.0. The summed E-state index contributed by atoms with van der Waals surface area (Å²) in [6.45, 7) is 3.53. The predicted octanol–water partition coefficient (Wildman–Crippen LogP) is 4.44. The number of methoxy groups -OCH3 is 3. The zero-order chi connectivity index (χ0) is 37.8. The van der Waals surface area contributed by atoms with Crippen molar-refractivity contribution in [1.29, 1.82) is 0 Å². The molecule has 3 aromatic rings. The summed E-state index contributed by atoms with van der Waals surface area (Å²) in [4.78, 5) is 48.6. The summed E-state index contributed by atoms with van der Waals surface area (Å²) in [7, 11) is 4.55. The van der Waals surface area contributed by atoms with Crippen LogP contribution >= 0.6 is 23.2 Å². The third kappa shape index (κ3) is 7.90. The van der Waals surface area contributed by atoms with E-state index in [-0.39, 0.29) is 25.0 Å². The number of hydrazine groups is 1. The zero-order valence-electron chi connectivity index (χ0n) is 30.1. The summed E-state index contributed by atoms with van der Waals surface area (Å²) in [6, 6.07) is 11.8. The van der Waals surface area contributed by atoms with Crippen LogP contribution in [0.1, 0.15) is 47.2 Å². The largest absolute Gasteiger partial charge is 0.493 e. The molecule has 3 aliphatic rings. The molecule has 3 aliphatic heterocycles. The smallest absolute Gasteiger partial charge is 0.325 e. The Hall–Kier alpha value is -4.14. The number of hydrogen-bond donors (Lipinski definition) is 2. The van der Waals surface area contributed by atoms with Crippen molar-refractivity contribution >= 4 is 41.0 Å². The molecule has 0 saturated carbocycles. The minimum atomic E-state index is -1.05. The molecule has 6 rings (SSSR count). The lowest BCUT2D eigenvalue weighted by atomic mass is 9.72. The SMILES string of the molecule is COc1cc(C(=O)N2CCC(CCN3CCC(C(=O)NN4CCOCC4C(=O)O)(c4cccnc4)CC3)(c3ccc(Cl)c(Cl)c3)C2)cc(OC)c1OC. The molecule has 2 aromatic carbocycles. The van der Waals surface area contributed by atoms with Gasteiger partial charge in [0.2, 0.25) is 11.7 Å². The highest BCUT2D eigenvalue weighted by Crippen LogP contribution is 2.43. The Morgan fingerprint density at radius 3 is 2.30 bits per heavy atom. The number of aliphatic carboxylic acids is 1. The number of aromatic nitrogens is 1. The lowest BCUT2D eigenvalue weighted by molar-refractivity contribution is -0.156. The molecule has 0 spiro atoms. The number of benzene rings is 2. The zero-order valence-corrected chi connectivity index (χ0v) is 31.6. The van der Waals surface area contributed by atoms with E-state index in [4.69, 9.17) is 42.1 Å². The summed E-state index contributed by atoms with van der Waals surface area (Å²) in [5.41, 5.74) is 3.86. The molecule has 3 saturated heterocycles. The van der Waals surface area contributed by atoms with Gasteiger partial charge in [0.05, 0.1) is 50.0 Å². The molecule has 284 valence electrons. The average molecular weight is 771 g/mol. The average Bonchev–Trinajstić information content (AvgIpc) is 3.63. The van der Waals surface area contributed by atoms with Crippen molar-refractivity contribution in [3.63, 3.8) is 0 Å². The number of halogens is 2.